The highest BCUT2D eigenvalue weighted by Crippen LogP contribution is 2.29. The molecule has 0 saturated carbocycles. The van der Waals surface area contributed by atoms with Gasteiger partial charge in [-0.15, -0.1) is 0 Å². The van der Waals surface area contributed by atoms with E-state index in [-0.39, 0.29) is 29.7 Å². The molecular weight excluding hydrogens is 432 g/mol. The largest absolute Gasteiger partial charge is 0.506 e. The number of hydrogen-bond acceptors (Lipinski definition) is 4. The van der Waals surface area contributed by atoms with Crippen LogP contribution in [0, 0.1) is 6.92 Å². The minimum absolute atomic E-state index is 0.130. The maximum absolute atomic E-state index is 12.5. The summed E-state index contributed by atoms with van der Waals surface area (Å²) in [5.41, 5.74) is 2.30. The van der Waals surface area contributed by atoms with Gasteiger partial charge in [-0.1, -0.05) is 24.3 Å². The molecule has 0 spiro atoms. The van der Waals surface area contributed by atoms with Crippen LogP contribution in [0.4, 0.5) is 0 Å². The van der Waals surface area contributed by atoms with Gasteiger partial charge in [0.2, 0.25) is 10.0 Å². The first-order chi connectivity index (χ1) is 12.6. The van der Waals surface area contributed by atoms with Gasteiger partial charge in [-0.2, -0.15) is 0 Å². The Kier molecular flexibility index (Phi) is 7.02. The van der Waals surface area contributed by atoms with Crippen molar-refractivity contribution < 1.29 is 18.3 Å². The number of aryl methyl sites for hydroxylation is 1. The summed E-state index contributed by atoms with van der Waals surface area (Å²) in [6.07, 6.45) is 0. The Balaban J connectivity index is 2.16. The maximum Gasteiger partial charge on any atom is 0.255 e. The van der Waals surface area contributed by atoms with Crippen molar-refractivity contribution in [2.75, 3.05) is 0 Å². The molecule has 27 heavy (non-hydrogen) atoms. The summed E-state index contributed by atoms with van der Waals surface area (Å²) in [4.78, 5) is 12.5. The van der Waals surface area contributed by atoms with Gasteiger partial charge < -0.3 is 10.4 Å². The number of amides is 1. The summed E-state index contributed by atoms with van der Waals surface area (Å²) in [6, 6.07) is 10.2. The molecule has 0 fully saturated rings. The third-order valence-electron chi connectivity index (χ3n) is 3.77. The van der Waals surface area contributed by atoms with Gasteiger partial charge >= 0.3 is 0 Å². The van der Waals surface area contributed by atoms with Gasteiger partial charge in [-0.25, -0.2) is 13.1 Å². The predicted molar refractivity (Wildman–Crippen MR) is 109 cm³/mol. The van der Waals surface area contributed by atoms with E-state index in [2.05, 4.69) is 26.0 Å². The summed E-state index contributed by atoms with van der Waals surface area (Å²) in [5, 5.41) is 12.8. The standard InChI is InChI=1S/C19H23BrN2O4S/c1-12(2)22-27(25,26)11-15-7-5-4-6-14(15)10-21-19(24)16-8-13(3)9-17(20)18(16)23/h4-9,12,22-23H,10-11H2,1-3H3,(H,21,24). The first-order valence-electron chi connectivity index (χ1n) is 8.43. The molecule has 2 rings (SSSR count). The van der Waals surface area contributed by atoms with Crippen LogP contribution in [0.5, 0.6) is 5.75 Å². The van der Waals surface area contributed by atoms with Crippen molar-refractivity contribution in [3.63, 3.8) is 0 Å². The zero-order valence-electron chi connectivity index (χ0n) is 15.4. The monoisotopic (exact) mass is 454 g/mol. The topological polar surface area (TPSA) is 95.5 Å². The van der Waals surface area contributed by atoms with Gasteiger partial charge in [0.05, 0.1) is 15.8 Å². The van der Waals surface area contributed by atoms with Gasteiger partial charge in [-0.05, 0) is 65.5 Å². The Bertz CT molecular complexity index is 943. The van der Waals surface area contributed by atoms with Crippen molar-refractivity contribution in [3.05, 3.63) is 63.1 Å². The molecule has 0 heterocycles. The van der Waals surface area contributed by atoms with Crippen molar-refractivity contribution in [1.82, 2.24) is 10.0 Å². The number of benzene rings is 2. The van der Waals surface area contributed by atoms with Crippen LogP contribution in [0.1, 0.15) is 40.9 Å². The lowest BCUT2D eigenvalue weighted by Crippen LogP contribution is -2.32. The second kappa shape index (κ2) is 8.86. The zero-order valence-corrected chi connectivity index (χ0v) is 17.8. The van der Waals surface area contributed by atoms with E-state index >= 15 is 0 Å². The Morgan fingerprint density at radius 2 is 1.81 bits per heavy atom. The second-order valence-corrected chi connectivity index (χ2v) is 9.23. The highest BCUT2D eigenvalue weighted by Gasteiger charge is 2.17. The molecule has 6 nitrogen and oxygen atoms in total. The molecule has 0 unspecified atom stereocenters. The van der Waals surface area contributed by atoms with Gasteiger partial charge in [0.25, 0.3) is 5.91 Å². The number of hydrogen-bond donors (Lipinski definition) is 3. The lowest BCUT2D eigenvalue weighted by molar-refractivity contribution is 0.0948. The van der Waals surface area contributed by atoms with Crippen LogP contribution in [0.25, 0.3) is 0 Å². The highest BCUT2D eigenvalue weighted by atomic mass is 79.9. The van der Waals surface area contributed by atoms with E-state index in [9.17, 15) is 18.3 Å². The van der Waals surface area contributed by atoms with Crippen LogP contribution in [-0.4, -0.2) is 25.5 Å². The molecule has 146 valence electrons. The fourth-order valence-electron chi connectivity index (χ4n) is 2.65. The number of carbonyl (C=O) groups is 1. The number of rotatable bonds is 7. The quantitative estimate of drug-likeness (QED) is 0.598. The van der Waals surface area contributed by atoms with E-state index in [1.165, 1.54) is 0 Å². The average molecular weight is 455 g/mol. The molecule has 0 radical (unpaired) electrons. The highest BCUT2D eigenvalue weighted by molar-refractivity contribution is 9.10. The molecule has 0 aliphatic rings. The summed E-state index contributed by atoms with van der Waals surface area (Å²) in [5.74, 6) is -0.733. The van der Waals surface area contributed by atoms with Gasteiger partial charge in [0, 0.05) is 12.6 Å². The molecule has 3 N–H and O–H groups in total. The number of aromatic hydroxyl groups is 1. The molecule has 2 aromatic rings. The van der Waals surface area contributed by atoms with Gasteiger partial charge in [0.15, 0.2) is 0 Å². The smallest absolute Gasteiger partial charge is 0.255 e. The molecule has 0 aromatic heterocycles. The van der Waals surface area contributed by atoms with E-state index in [0.717, 1.165) is 5.56 Å². The Hall–Kier alpha value is -1.90. The van der Waals surface area contributed by atoms with E-state index in [4.69, 9.17) is 0 Å². The summed E-state index contributed by atoms with van der Waals surface area (Å²) >= 11 is 3.22. The Labute approximate surface area is 168 Å². The number of halogens is 1. The fourth-order valence-corrected chi connectivity index (χ4v) is 4.72. The van der Waals surface area contributed by atoms with E-state index in [0.29, 0.717) is 15.6 Å². The van der Waals surface area contributed by atoms with Gasteiger partial charge in [-0.3, -0.25) is 4.79 Å². The average Bonchev–Trinajstić information content (AvgIpc) is 2.55. The third kappa shape index (κ3) is 6.05. The van der Waals surface area contributed by atoms with Crippen LogP contribution in [0.2, 0.25) is 0 Å². The van der Waals surface area contributed by atoms with Crippen LogP contribution in [0.3, 0.4) is 0 Å². The van der Waals surface area contributed by atoms with E-state index in [1.54, 1.807) is 50.2 Å². The second-order valence-electron chi connectivity index (χ2n) is 6.63. The normalized spacial score (nSPS) is 11.6. The lowest BCUT2D eigenvalue weighted by Gasteiger charge is -2.14. The van der Waals surface area contributed by atoms with Crippen molar-refractivity contribution in [2.45, 2.75) is 39.1 Å². The third-order valence-corrected chi connectivity index (χ3v) is 5.90. The summed E-state index contributed by atoms with van der Waals surface area (Å²) in [7, 11) is -3.47. The van der Waals surface area contributed by atoms with Crippen LogP contribution in [0.15, 0.2) is 40.9 Å². The summed E-state index contributed by atoms with van der Waals surface area (Å²) in [6.45, 7) is 5.49. The predicted octanol–water partition coefficient (Wildman–Crippen LogP) is 3.22. The molecular formula is C19H23BrN2O4S. The minimum atomic E-state index is -3.47. The number of nitrogens with one attached hydrogen (secondary N) is 2. The van der Waals surface area contributed by atoms with Crippen LogP contribution < -0.4 is 10.0 Å². The van der Waals surface area contributed by atoms with Crippen LogP contribution in [-0.2, 0) is 22.3 Å². The zero-order chi connectivity index (χ0) is 20.2. The Morgan fingerprint density at radius 1 is 1.19 bits per heavy atom. The van der Waals surface area contributed by atoms with E-state index in [1.807, 2.05) is 6.92 Å². The maximum atomic E-state index is 12.5. The van der Waals surface area contributed by atoms with Gasteiger partial charge in [0.1, 0.15) is 5.75 Å². The number of sulfonamides is 1. The molecule has 8 heteroatoms. The van der Waals surface area contributed by atoms with Crippen molar-refractivity contribution >= 4 is 31.9 Å². The van der Waals surface area contributed by atoms with E-state index < -0.39 is 15.9 Å². The van der Waals surface area contributed by atoms with Crippen molar-refractivity contribution in [1.29, 1.82) is 0 Å². The number of phenolic OH excluding ortho intramolecular Hbond substituents is 1. The molecule has 1 amide bonds. The first-order valence-corrected chi connectivity index (χ1v) is 10.9. The number of phenols is 1. The number of carbonyl (C=O) groups excluding carboxylic acids is 1. The summed E-state index contributed by atoms with van der Waals surface area (Å²) < 4.78 is 27.4. The molecule has 0 atom stereocenters. The minimum Gasteiger partial charge on any atom is -0.506 e. The van der Waals surface area contributed by atoms with Crippen molar-refractivity contribution in [2.24, 2.45) is 0 Å². The van der Waals surface area contributed by atoms with Crippen molar-refractivity contribution in [3.8, 4) is 5.75 Å². The molecule has 0 aliphatic carbocycles. The lowest BCUT2D eigenvalue weighted by atomic mass is 10.1. The Morgan fingerprint density at radius 3 is 2.44 bits per heavy atom. The molecule has 2 aromatic carbocycles. The molecule has 0 aliphatic heterocycles. The SMILES string of the molecule is Cc1cc(Br)c(O)c(C(=O)NCc2ccccc2CS(=O)(=O)NC(C)C)c1. The fraction of sp³-hybridized carbons (Fsp3) is 0.316. The first kappa shape index (κ1) is 21.4. The van der Waals surface area contributed by atoms with Crippen LogP contribution >= 0.6 is 15.9 Å². The molecule has 0 bridgehead atoms. The molecule has 0 saturated heterocycles.